The number of hydrogen-bond donors (Lipinski definition) is 0. The Hall–Kier alpha value is -2.41. The average molecular weight is 259 g/mol. The molecule has 0 aliphatic carbocycles. The van der Waals surface area contributed by atoms with Gasteiger partial charge >= 0.3 is 0 Å². The van der Waals surface area contributed by atoms with E-state index in [0.29, 0.717) is 5.75 Å². The maximum atomic E-state index is 13.6. The monoisotopic (exact) mass is 259 g/mol. The second-order valence-corrected chi connectivity index (χ2v) is 3.97. The van der Waals surface area contributed by atoms with Crippen molar-refractivity contribution in [2.24, 2.45) is 0 Å². The van der Waals surface area contributed by atoms with Crippen molar-refractivity contribution in [2.45, 2.75) is 13.3 Å². The minimum absolute atomic E-state index is 0.235. The Labute approximate surface area is 109 Å². The van der Waals surface area contributed by atoms with Gasteiger partial charge in [0.05, 0.1) is 5.56 Å². The van der Waals surface area contributed by atoms with E-state index in [2.05, 4.69) is 0 Å². The Balaban J connectivity index is 2.28. The van der Waals surface area contributed by atoms with E-state index in [1.54, 1.807) is 18.2 Å². The van der Waals surface area contributed by atoms with Gasteiger partial charge in [-0.25, -0.2) is 8.78 Å². The van der Waals surface area contributed by atoms with Crippen LogP contribution in [-0.2, 0) is 6.42 Å². The first-order valence-corrected chi connectivity index (χ1v) is 5.80. The molecule has 2 nitrogen and oxygen atoms in total. The lowest BCUT2D eigenvalue weighted by Crippen LogP contribution is -1.93. The van der Waals surface area contributed by atoms with Crippen LogP contribution < -0.4 is 4.74 Å². The summed E-state index contributed by atoms with van der Waals surface area (Å²) < 4.78 is 32.3. The highest BCUT2D eigenvalue weighted by Gasteiger charge is 2.11. The molecule has 0 unspecified atom stereocenters. The third-order valence-electron chi connectivity index (χ3n) is 2.70. The van der Waals surface area contributed by atoms with E-state index in [-0.39, 0.29) is 11.3 Å². The van der Waals surface area contributed by atoms with Crippen molar-refractivity contribution in [1.29, 1.82) is 5.26 Å². The zero-order valence-corrected chi connectivity index (χ0v) is 10.3. The van der Waals surface area contributed by atoms with Crippen LogP contribution in [0.1, 0.15) is 18.1 Å². The highest BCUT2D eigenvalue weighted by atomic mass is 19.1. The van der Waals surface area contributed by atoms with Crippen molar-refractivity contribution in [3.8, 4) is 17.6 Å². The van der Waals surface area contributed by atoms with Crippen LogP contribution in [-0.4, -0.2) is 0 Å². The van der Waals surface area contributed by atoms with Crippen molar-refractivity contribution >= 4 is 0 Å². The summed E-state index contributed by atoms with van der Waals surface area (Å²) in [6, 6.07) is 10.4. The summed E-state index contributed by atoms with van der Waals surface area (Å²) in [6.45, 7) is 2.02. The first kappa shape index (κ1) is 13.0. The van der Waals surface area contributed by atoms with Gasteiger partial charge < -0.3 is 4.74 Å². The smallest absolute Gasteiger partial charge is 0.167 e. The molecular formula is C15H11F2NO. The van der Waals surface area contributed by atoms with Crippen molar-refractivity contribution in [3.63, 3.8) is 0 Å². The first-order valence-electron chi connectivity index (χ1n) is 5.80. The highest BCUT2D eigenvalue weighted by Crippen LogP contribution is 2.27. The van der Waals surface area contributed by atoms with E-state index >= 15 is 0 Å². The van der Waals surface area contributed by atoms with Crippen LogP contribution in [0.3, 0.4) is 0 Å². The molecule has 0 aromatic heterocycles. The molecule has 2 aromatic carbocycles. The molecule has 0 radical (unpaired) electrons. The molecule has 0 amide bonds. The molecule has 96 valence electrons. The summed E-state index contributed by atoms with van der Waals surface area (Å²) >= 11 is 0. The first-order chi connectivity index (χ1) is 9.13. The summed E-state index contributed by atoms with van der Waals surface area (Å²) in [7, 11) is 0. The van der Waals surface area contributed by atoms with Crippen LogP contribution in [0.25, 0.3) is 0 Å². The van der Waals surface area contributed by atoms with Gasteiger partial charge in [0.25, 0.3) is 0 Å². The van der Waals surface area contributed by atoms with E-state index < -0.39 is 11.6 Å². The molecule has 0 aliphatic heterocycles. The molecule has 0 N–H and O–H groups in total. The summed E-state index contributed by atoms with van der Waals surface area (Å²) in [5.41, 5.74) is 0.782. The number of halogens is 2. The topological polar surface area (TPSA) is 33.0 Å². The van der Waals surface area contributed by atoms with Gasteiger partial charge in [-0.2, -0.15) is 5.26 Å². The van der Waals surface area contributed by atoms with E-state index in [4.69, 9.17) is 10.00 Å². The van der Waals surface area contributed by atoms with E-state index in [9.17, 15) is 8.78 Å². The molecule has 0 heterocycles. The van der Waals surface area contributed by atoms with Crippen LogP contribution in [0, 0.1) is 23.0 Å². The molecule has 0 saturated carbocycles. The number of hydrogen-bond acceptors (Lipinski definition) is 2. The Morgan fingerprint density at radius 2 is 1.79 bits per heavy atom. The maximum Gasteiger partial charge on any atom is 0.167 e. The number of ether oxygens (including phenoxy) is 1. The molecule has 0 fully saturated rings. The molecule has 2 rings (SSSR count). The van der Waals surface area contributed by atoms with Gasteiger partial charge in [-0.3, -0.25) is 0 Å². The van der Waals surface area contributed by atoms with Crippen molar-refractivity contribution in [3.05, 3.63) is 59.2 Å². The fraction of sp³-hybridized carbons (Fsp3) is 0.133. The minimum Gasteiger partial charge on any atom is -0.454 e. The lowest BCUT2D eigenvalue weighted by molar-refractivity contribution is 0.436. The van der Waals surface area contributed by atoms with Gasteiger partial charge in [0.2, 0.25) is 0 Å². The highest BCUT2D eigenvalue weighted by molar-refractivity contribution is 5.40. The fourth-order valence-electron chi connectivity index (χ4n) is 1.61. The fourth-order valence-corrected chi connectivity index (χ4v) is 1.61. The standard InChI is InChI=1S/C15H11F2NO/c1-2-10-3-5-12(6-4-10)19-15-8-13(16)11(9-18)7-14(15)17/h3-8H,2H2,1H3. The molecule has 2 aromatic rings. The van der Waals surface area contributed by atoms with Crippen molar-refractivity contribution in [1.82, 2.24) is 0 Å². The molecule has 0 atom stereocenters. The summed E-state index contributed by atoms with van der Waals surface area (Å²) in [6.07, 6.45) is 0.889. The third-order valence-corrected chi connectivity index (χ3v) is 2.70. The number of nitrogens with zero attached hydrogens (tertiary/aromatic N) is 1. The lowest BCUT2D eigenvalue weighted by Gasteiger charge is -2.08. The normalized spacial score (nSPS) is 10.0. The summed E-state index contributed by atoms with van der Waals surface area (Å²) in [5.74, 6) is -1.39. The zero-order valence-electron chi connectivity index (χ0n) is 10.3. The quantitative estimate of drug-likeness (QED) is 0.827. The SMILES string of the molecule is CCc1ccc(Oc2cc(F)c(C#N)cc2F)cc1. The average Bonchev–Trinajstić information content (AvgIpc) is 2.43. The van der Waals surface area contributed by atoms with Gasteiger partial charge in [0.1, 0.15) is 17.6 Å². The summed E-state index contributed by atoms with van der Waals surface area (Å²) in [5, 5.41) is 8.58. The van der Waals surface area contributed by atoms with Crippen LogP contribution in [0.5, 0.6) is 11.5 Å². The maximum absolute atomic E-state index is 13.6. The van der Waals surface area contributed by atoms with Crippen LogP contribution in [0.2, 0.25) is 0 Å². The Kier molecular flexibility index (Phi) is 3.76. The lowest BCUT2D eigenvalue weighted by atomic mass is 10.2. The van der Waals surface area contributed by atoms with Crippen LogP contribution >= 0.6 is 0 Å². The number of benzene rings is 2. The zero-order chi connectivity index (χ0) is 13.8. The third kappa shape index (κ3) is 2.89. The second kappa shape index (κ2) is 5.49. The van der Waals surface area contributed by atoms with Gasteiger partial charge in [-0.1, -0.05) is 19.1 Å². The van der Waals surface area contributed by atoms with Crippen molar-refractivity contribution in [2.75, 3.05) is 0 Å². The number of nitriles is 1. The van der Waals surface area contributed by atoms with Crippen LogP contribution in [0.4, 0.5) is 8.78 Å². The molecular weight excluding hydrogens is 248 g/mol. The van der Waals surface area contributed by atoms with E-state index in [1.807, 2.05) is 19.1 Å². The predicted octanol–water partition coefficient (Wildman–Crippen LogP) is 4.19. The van der Waals surface area contributed by atoms with E-state index in [1.165, 1.54) is 0 Å². The number of rotatable bonds is 3. The molecule has 4 heteroatoms. The van der Waals surface area contributed by atoms with Crippen LogP contribution in [0.15, 0.2) is 36.4 Å². The molecule has 0 bridgehead atoms. The largest absolute Gasteiger partial charge is 0.454 e. The molecule has 0 spiro atoms. The van der Waals surface area contributed by atoms with E-state index in [0.717, 1.165) is 24.1 Å². The minimum atomic E-state index is -0.802. The van der Waals surface area contributed by atoms with Gasteiger partial charge in [0, 0.05) is 6.07 Å². The predicted molar refractivity (Wildman–Crippen MR) is 67.0 cm³/mol. The second-order valence-electron chi connectivity index (χ2n) is 3.97. The van der Waals surface area contributed by atoms with Gasteiger partial charge in [-0.05, 0) is 30.2 Å². The Morgan fingerprint density at radius 3 is 2.37 bits per heavy atom. The van der Waals surface area contributed by atoms with Crippen molar-refractivity contribution < 1.29 is 13.5 Å². The van der Waals surface area contributed by atoms with Gasteiger partial charge in [-0.15, -0.1) is 0 Å². The summed E-state index contributed by atoms with van der Waals surface area (Å²) in [4.78, 5) is 0. The Bertz CT molecular complexity index is 630. The number of aryl methyl sites for hydroxylation is 1. The molecule has 0 aliphatic rings. The molecule has 0 saturated heterocycles. The molecule has 19 heavy (non-hydrogen) atoms. The van der Waals surface area contributed by atoms with Gasteiger partial charge in [0.15, 0.2) is 11.6 Å². The Morgan fingerprint density at radius 1 is 1.11 bits per heavy atom.